The molecule has 2 rings (SSSR count). The van der Waals surface area contributed by atoms with Gasteiger partial charge in [0.15, 0.2) is 0 Å². The van der Waals surface area contributed by atoms with E-state index in [1.165, 1.54) is 38.3 Å². The zero-order chi connectivity index (χ0) is 22.6. The van der Waals surface area contributed by atoms with Gasteiger partial charge in [0.25, 0.3) is 5.69 Å². The van der Waals surface area contributed by atoms with Crippen LogP contribution >= 0.6 is 0 Å². The van der Waals surface area contributed by atoms with E-state index in [9.17, 15) is 24.8 Å². The second kappa shape index (κ2) is 9.45. The number of aryl methyl sites for hydroxylation is 2. The topological polar surface area (TPSA) is 129 Å². The highest BCUT2D eigenvalue weighted by Crippen LogP contribution is 2.33. The Balaban J connectivity index is 2.67. The molecule has 0 saturated heterocycles. The van der Waals surface area contributed by atoms with E-state index in [4.69, 9.17) is 9.47 Å². The van der Waals surface area contributed by atoms with Crippen LogP contribution in [0.3, 0.4) is 0 Å². The van der Waals surface area contributed by atoms with Crippen molar-refractivity contribution in [2.75, 3.05) is 13.7 Å². The number of non-ortho nitro benzene ring substituents is 1. The number of nitrogens with zero attached hydrogens (tertiary/aromatic N) is 2. The minimum Gasteiger partial charge on any atom is -0.478 e. The number of aromatic carboxylic acids is 1. The van der Waals surface area contributed by atoms with Crippen molar-refractivity contribution in [2.24, 2.45) is 5.92 Å². The van der Waals surface area contributed by atoms with Crippen molar-refractivity contribution in [3.8, 4) is 11.1 Å². The lowest BCUT2D eigenvalue weighted by atomic mass is 9.92. The van der Waals surface area contributed by atoms with Crippen LogP contribution in [-0.4, -0.2) is 46.8 Å². The summed E-state index contributed by atoms with van der Waals surface area (Å²) in [6.45, 7) is 6.87. The van der Waals surface area contributed by atoms with Crippen LogP contribution in [0.1, 0.15) is 46.0 Å². The van der Waals surface area contributed by atoms with Gasteiger partial charge in [-0.1, -0.05) is 26.0 Å². The maximum absolute atomic E-state index is 13.0. The van der Waals surface area contributed by atoms with Crippen molar-refractivity contribution in [1.29, 1.82) is 0 Å². The van der Waals surface area contributed by atoms with Gasteiger partial charge in [-0.25, -0.2) is 9.59 Å². The highest BCUT2D eigenvalue weighted by molar-refractivity contribution is 6.06. The maximum Gasteiger partial charge on any atom is 0.340 e. The number of ether oxygens (including phenoxy) is 2. The molecule has 1 unspecified atom stereocenters. The monoisotopic (exact) mass is 416 g/mol. The maximum atomic E-state index is 13.0. The molecule has 0 aliphatic carbocycles. The summed E-state index contributed by atoms with van der Waals surface area (Å²) in [6, 6.07) is 5.45. The average molecular weight is 416 g/mol. The van der Waals surface area contributed by atoms with Crippen molar-refractivity contribution >= 4 is 17.6 Å². The van der Waals surface area contributed by atoms with E-state index >= 15 is 0 Å². The summed E-state index contributed by atoms with van der Waals surface area (Å²) >= 11 is 0. The molecule has 0 saturated carbocycles. The number of esters is 1. The second-order valence-corrected chi connectivity index (χ2v) is 7.14. The van der Waals surface area contributed by atoms with Gasteiger partial charge in [-0.2, -0.15) is 0 Å². The van der Waals surface area contributed by atoms with Crippen LogP contribution in [-0.2, 0) is 9.47 Å². The Bertz CT molecular complexity index is 986. The predicted molar refractivity (Wildman–Crippen MR) is 109 cm³/mol. The van der Waals surface area contributed by atoms with Crippen molar-refractivity contribution in [3.05, 3.63) is 56.9 Å². The minimum atomic E-state index is -1.30. The fourth-order valence-electron chi connectivity index (χ4n) is 3.19. The molecule has 0 aliphatic heterocycles. The van der Waals surface area contributed by atoms with Crippen LogP contribution < -0.4 is 0 Å². The van der Waals surface area contributed by atoms with Gasteiger partial charge in [0, 0.05) is 24.8 Å². The number of rotatable bonds is 8. The Kier molecular flexibility index (Phi) is 7.23. The molecule has 9 heteroatoms. The first-order chi connectivity index (χ1) is 14.1. The van der Waals surface area contributed by atoms with E-state index in [2.05, 4.69) is 4.98 Å². The normalized spacial score (nSPS) is 11.9. The number of hydrogen-bond donors (Lipinski definition) is 1. The van der Waals surface area contributed by atoms with Gasteiger partial charge in [-0.05, 0) is 25.3 Å². The standard InChI is InChI=1S/C21H24N2O7/c1-11(2)16(29-5)10-30-21(26)18-13(4)22-12(3)17(20(24)25)19(18)14-7-6-8-15(9-14)23(27)28/h6-9,11,16H,10H2,1-5H3,(H,24,25). The summed E-state index contributed by atoms with van der Waals surface area (Å²) in [7, 11) is 1.51. The highest BCUT2D eigenvalue weighted by atomic mass is 16.6. The second-order valence-electron chi connectivity index (χ2n) is 7.14. The molecule has 9 nitrogen and oxygen atoms in total. The van der Waals surface area contributed by atoms with E-state index in [-0.39, 0.29) is 58.0 Å². The summed E-state index contributed by atoms with van der Waals surface area (Å²) in [6.07, 6.45) is -0.340. The molecule has 160 valence electrons. The van der Waals surface area contributed by atoms with Crippen LogP contribution in [0.5, 0.6) is 0 Å². The molecule has 2 aromatic rings. The number of nitro benzene ring substituents is 1. The number of benzene rings is 1. The smallest absolute Gasteiger partial charge is 0.340 e. The third-order valence-electron chi connectivity index (χ3n) is 4.75. The molecule has 1 N–H and O–H groups in total. The lowest BCUT2D eigenvalue weighted by molar-refractivity contribution is -0.384. The molecule has 30 heavy (non-hydrogen) atoms. The van der Waals surface area contributed by atoms with Gasteiger partial charge >= 0.3 is 11.9 Å². The Morgan fingerprint density at radius 1 is 1.20 bits per heavy atom. The number of hydrogen-bond acceptors (Lipinski definition) is 7. The third-order valence-corrected chi connectivity index (χ3v) is 4.75. The average Bonchev–Trinajstić information content (AvgIpc) is 2.67. The van der Waals surface area contributed by atoms with Crippen molar-refractivity contribution in [3.63, 3.8) is 0 Å². The van der Waals surface area contributed by atoms with Gasteiger partial charge in [-0.15, -0.1) is 0 Å². The van der Waals surface area contributed by atoms with Gasteiger partial charge in [0.1, 0.15) is 6.61 Å². The summed E-state index contributed by atoms with van der Waals surface area (Å²) < 4.78 is 10.7. The van der Waals surface area contributed by atoms with Gasteiger partial charge in [0.05, 0.1) is 33.5 Å². The van der Waals surface area contributed by atoms with E-state index < -0.39 is 16.9 Å². The van der Waals surface area contributed by atoms with Gasteiger partial charge < -0.3 is 14.6 Å². The van der Waals surface area contributed by atoms with Gasteiger partial charge in [0.2, 0.25) is 0 Å². The quantitative estimate of drug-likeness (QED) is 0.391. The molecule has 1 aromatic carbocycles. The fraction of sp³-hybridized carbons (Fsp3) is 0.381. The highest BCUT2D eigenvalue weighted by Gasteiger charge is 2.28. The molecule has 1 heterocycles. The zero-order valence-electron chi connectivity index (χ0n) is 17.5. The van der Waals surface area contributed by atoms with Crippen molar-refractivity contribution in [2.45, 2.75) is 33.8 Å². The largest absolute Gasteiger partial charge is 0.478 e. The molecular formula is C21H24N2O7. The van der Waals surface area contributed by atoms with Crippen molar-refractivity contribution in [1.82, 2.24) is 4.98 Å². The number of aromatic nitrogens is 1. The molecule has 0 aliphatic rings. The number of methoxy groups -OCH3 is 1. The number of carbonyl (C=O) groups is 2. The Hall–Kier alpha value is -3.33. The van der Waals surface area contributed by atoms with Crippen LogP contribution in [0.4, 0.5) is 5.69 Å². The molecule has 0 radical (unpaired) electrons. The summed E-state index contributed by atoms with van der Waals surface area (Å²) in [5.74, 6) is -1.98. The minimum absolute atomic E-state index is 0.0307. The molecule has 1 aromatic heterocycles. The molecule has 0 amide bonds. The Labute approximate surface area is 173 Å². The number of carboxylic acid groups (broad SMARTS) is 1. The summed E-state index contributed by atoms with van der Waals surface area (Å²) in [4.78, 5) is 39.7. The van der Waals surface area contributed by atoms with Gasteiger partial charge in [-0.3, -0.25) is 15.1 Å². The SMILES string of the molecule is COC(COC(=O)c1c(C)nc(C)c(C(=O)O)c1-c1cccc([N+](=O)[O-])c1)C(C)C. The zero-order valence-corrected chi connectivity index (χ0v) is 17.5. The third kappa shape index (κ3) is 4.80. The first-order valence-electron chi connectivity index (χ1n) is 9.27. The number of nitro groups is 1. The summed E-state index contributed by atoms with van der Waals surface area (Å²) in [5.41, 5.74) is 0.235. The molecular weight excluding hydrogens is 392 g/mol. The Morgan fingerprint density at radius 2 is 1.83 bits per heavy atom. The van der Waals surface area contributed by atoms with Crippen LogP contribution in [0.2, 0.25) is 0 Å². The van der Waals surface area contributed by atoms with E-state index in [1.807, 2.05) is 13.8 Å². The molecule has 0 spiro atoms. The number of carboxylic acids is 1. The van der Waals surface area contributed by atoms with Crippen LogP contribution in [0.25, 0.3) is 11.1 Å². The number of carbonyl (C=O) groups excluding carboxylic acids is 1. The van der Waals surface area contributed by atoms with Crippen molar-refractivity contribution < 1.29 is 29.1 Å². The predicted octanol–water partition coefficient (Wildman–Crippen LogP) is 3.80. The fourth-order valence-corrected chi connectivity index (χ4v) is 3.19. The van der Waals surface area contributed by atoms with Crippen LogP contribution in [0, 0.1) is 29.9 Å². The van der Waals surface area contributed by atoms with E-state index in [0.717, 1.165) is 0 Å². The summed E-state index contributed by atoms with van der Waals surface area (Å²) in [5, 5.41) is 21.0. The number of pyridine rings is 1. The first-order valence-corrected chi connectivity index (χ1v) is 9.27. The van der Waals surface area contributed by atoms with Crippen LogP contribution in [0.15, 0.2) is 24.3 Å². The van der Waals surface area contributed by atoms with E-state index in [0.29, 0.717) is 0 Å². The van der Waals surface area contributed by atoms with E-state index in [1.54, 1.807) is 6.92 Å². The first kappa shape index (κ1) is 23.0. The Morgan fingerprint density at radius 3 is 2.37 bits per heavy atom. The molecule has 1 atom stereocenters. The molecule has 0 bridgehead atoms. The lowest BCUT2D eigenvalue weighted by Crippen LogP contribution is -2.27. The molecule has 0 fully saturated rings. The lowest BCUT2D eigenvalue weighted by Gasteiger charge is -2.20.